The van der Waals surface area contributed by atoms with E-state index in [0.717, 1.165) is 19.3 Å². The summed E-state index contributed by atoms with van der Waals surface area (Å²) in [5.74, 6) is 3.48. The third-order valence-corrected chi connectivity index (χ3v) is 12.3. The van der Waals surface area contributed by atoms with Gasteiger partial charge in [0.1, 0.15) is 5.60 Å². The van der Waals surface area contributed by atoms with Crippen LogP contribution in [-0.2, 0) is 9.53 Å². The first-order chi connectivity index (χ1) is 18.3. The van der Waals surface area contributed by atoms with E-state index in [1.165, 1.54) is 55.2 Å². The van der Waals surface area contributed by atoms with Gasteiger partial charge in [0, 0.05) is 11.8 Å². The lowest BCUT2D eigenvalue weighted by Gasteiger charge is -2.70. The second-order valence-corrected chi connectivity index (χ2v) is 14.2. The lowest BCUT2D eigenvalue weighted by molar-refractivity contribution is -0.306. The fraction of sp³-hybridized carbons (Fsp3) is 0.583. The smallest absolute Gasteiger partial charge is 0.166 e. The van der Waals surface area contributed by atoms with Crippen LogP contribution in [0.2, 0.25) is 0 Å². The Morgan fingerprint density at radius 1 is 0.947 bits per heavy atom. The number of Topliss-reactive ketones (excluding diaryl/α,β-unsaturated/α-hetero) is 1. The van der Waals surface area contributed by atoms with Gasteiger partial charge in [0.15, 0.2) is 5.78 Å². The standard InChI is InChI=1S/C36H44O2/c1-24(14-16-30(25-10-6-4-7-11-25)26-12-8-5-9-13-26)27-20-32-31-17-15-28-21-29-18-19-35(28,3)36(31,38-29)33(37)23-34(32,2)22-27/h4-13,16,24,27-29,31-32H,14-15,17-23H2,1-3H3/t24-,27-,28+,29-,31+,32+,34+,35+,36+/m1/s1. The Balaban J connectivity index is 1.15. The molecule has 0 N–H and O–H groups in total. The fourth-order valence-corrected chi connectivity index (χ4v) is 10.3. The second-order valence-electron chi connectivity index (χ2n) is 14.2. The zero-order valence-corrected chi connectivity index (χ0v) is 23.5. The zero-order valence-electron chi connectivity index (χ0n) is 23.5. The molecule has 200 valence electrons. The van der Waals surface area contributed by atoms with Crippen LogP contribution in [0.25, 0.3) is 5.57 Å². The van der Waals surface area contributed by atoms with Gasteiger partial charge in [-0.15, -0.1) is 0 Å². The van der Waals surface area contributed by atoms with Crippen molar-refractivity contribution in [2.45, 2.75) is 90.3 Å². The van der Waals surface area contributed by atoms with Gasteiger partial charge in [-0.05, 0) is 103 Å². The highest BCUT2D eigenvalue weighted by atomic mass is 16.5. The first-order valence-electron chi connectivity index (χ1n) is 15.4. The van der Waals surface area contributed by atoms with Crippen molar-refractivity contribution in [3.05, 3.63) is 77.9 Å². The topological polar surface area (TPSA) is 26.3 Å². The summed E-state index contributed by atoms with van der Waals surface area (Å²) in [4.78, 5) is 14.2. The molecule has 4 aliphatic carbocycles. The predicted octanol–water partition coefficient (Wildman–Crippen LogP) is 8.50. The van der Waals surface area contributed by atoms with Crippen LogP contribution in [0, 0.1) is 40.4 Å². The average Bonchev–Trinajstić information content (AvgIpc) is 3.27. The summed E-state index contributed by atoms with van der Waals surface area (Å²) in [6.07, 6.45) is 13.2. The quantitative estimate of drug-likeness (QED) is 0.405. The molecule has 2 aliphatic heterocycles. The van der Waals surface area contributed by atoms with Gasteiger partial charge < -0.3 is 4.74 Å². The molecule has 2 aromatic carbocycles. The highest BCUT2D eigenvalue weighted by Crippen LogP contribution is 2.72. The van der Waals surface area contributed by atoms with E-state index in [-0.39, 0.29) is 10.8 Å². The molecule has 4 saturated carbocycles. The summed E-state index contributed by atoms with van der Waals surface area (Å²) in [5, 5.41) is 0. The van der Waals surface area contributed by atoms with Crippen molar-refractivity contribution < 1.29 is 9.53 Å². The van der Waals surface area contributed by atoms with E-state index >= 15 is 0 Å². The van der Waals surface area contributed by atoms with Crippen LogP contribution in [0.3, 0.4) is 0 Å². The second kappa shape index (κ2) is 8.91. The number of fused-ring (bicyclic) bond motifs is 3. The minimum Gasteiger partial charge on any atom is -0.363 e. The molecule has 1 spiro atoms. The number of hydrogen-bond acceptors (Lipinski definition) is 2. The molecule has 2 aromatic rings. The van der Waals surface area contributed by atoms with Gasteiger partial charge in [-0.3, -0.25) is 4.79 Å². The van der Waals surface area contributed by atoms with Crippen molar-refractivity contribution >= 4 is 11.4 Å². The minimum absolute atomic E-state index is 0.0653. The van der Waals surface area contributed by atoms with Crippen LogP contribution in [0.15, 0.2) is 66.7 Å². The van der Waals surface area contributed by atoms with Crippen LogP contribution < -0.4 is 0 Å². The van der Waals surface area contributed by atoms with Crippen LogP contribution in [0.5, 0.6) is 0 Å². The van der Waals surface area contributed by atoms with Crippen molar-refractivity contribution in [3.63, 3.8) is 0 Å². The Morgan fingerprint density at radius 2 is 1.63 bits per heavy atom. The molecule has 2 heteroatoms. The van der Waals surface area contributed by atoms with E-state index in [9.17, 15) is 4.79 Å². The summed E-state index contributed by atoms with van der Waals surface area (Å²) >= 11 is 0. The third kappa shape index (κ3) is 3.51. The van der Waals surface area contributed by atoms with Gasteiger partial charge >= 0.3 is 0 Å². The molecule has 2 saturated heterocycles. The third-order valence-electron chi connectivity index (χ3n) is 12.3. The molecule has 8 rings (SSSR count). The van der Waals surface area contributed by atoms with Crippen LogP contribution in [0.1, 0.15) is 89.7 Å². The average molecular weight is 509 g/mol. The Hall–Kier alpha value is -2.19. The molecule has 0 aromatic heterocycles. The van der Waals surface area contributed by atoms with Crippen LogP contribution in [-0.4, -0.2) is 17.5 Å². The lowest BCUT2D eigenvalue weighted by Crippen LogP contribution is -2.74. The van der Waals surface area contributed by atoms with Gasteiger partial charge in [0.25, 0.3) is 0 Å². The molecule has 6 fully saturated rings. The van der Waals surface area contributed by atoms with E-state index < -0.39 is 5.60 Å². The van der Waals surface area contributed by atoms with Crippen molar-refractivity contribution in [1.82, 2.24) is 0 Å². The van der Waals surface area contributed by atoms with Gasteiger partial charge in [-0.1, -0.05) is 87.5 Å². The number of allylic oxidation sites excluding steroid dienone is 1. The SMILES string of the molecule is C[C@H](CC=C(c1ccccc1)c1ccccc1)[C@@H]1C[C@H]2[C@@H]3CC[C@H]4C[C@H]5CC[C@]4(C)[C@@]3(O5)C(=O)C[C@]2(C)C1. The van der Waals surface area contributed by atoms with Crippen LogP contribution in [0.4, 0.5) is 0 Å². The van der Waals surface area contributed by atoms with E-state index in [2.05, 4.69) is 87.5 Å². The molecular weight excluding hydrogens is 464 g/mol. The number of ether oxygens (including phenoxy) is 1. The summed E-state index contributed by atoms with van der Waals surface area (Å²) < 4.78 is 6.93. The van der Waals surface area contributed by atoms with Crippen molar-refractivity contribution in [2.24, 2.45) is 40.4 Å². The Bertz CT molecular complexity index is 1190. The first kappa shape index (κ1) is 24.8. The molecule has 6 aliphatic rings. The molecule has 0 unspecified atom stereocenters. The highest BCUT2D eigenvalue weighted by molar-refractivity contribution is 5.91. The largest absolute Gasteiger partial charge is 0.363 e. The van der Waals surface area contributed by atoms with E-state index in [0.29, 0.717) is 41.5 Å². The Kier molecular flexibility index (Phi) is 5.82. The van der Waals surface area contributed by atoms with Gasteiger partial charge in [-0.25, -0.2) is 0 Å². The molecule has 2 nitrogen and oxygen atoms in total. The first-order valence-corrected chi connectivity index (χ1v) is 15.4. The monoisotopic (exact) mass is 508 g/mol. The van der Waals surface area contributed by atoms with E-state index in [4.69, 9.17) is 4.74 Å². The van der Waals surface area contributed by atoms with E-state index in [1.807, 2.05) is 0 Å². The van der Waals surface area contributed by atoms with Crippen LogP contribution >= 0.6 is 0 Å². The number of carbonyl (C=O) groups excluding carboxylic acids is 1. The Labute approximate surface area is 229 Å². The molecule has 4 bridgehead atoms. The van der Waals surface area contributed by atoms with Gasteiger partial charge in [-0.2, -0.15) is 0 Å². The van der Waals surface area contributed by atoms with Gasteiger partial charge in [0.2, 0.25) is 0 Å². The number of hydrogen-bond donors (Lipinski definition) is 0. The number of carbonyl (C=O) groups is 1. The summed E-state index contributed by atoms with van der Waals surface area (Å²) in [6, 6.07) is 21.7. The summed E-state index contributed by atoms with van der Waals surface area (Å²) in [6.45, 7) is 7.36. The minimum atomic E-state index is -0.479. The molecule has 2 heterocycles. The summed E-state index contributed by atoms with van der Waals surface area (Å²) in [5.41, 5.74) is 3.65. The molecule has 0 radical (unpaired) electrons. The van der Waals surface area contributed by atoms with E-state index in [1.54, 1.807) is 0 Å². The molecule has 9 atom stereocenters. The fourth-order valence-electron chi connectivity index (χ4n) is 10.3. The van der Waals surface area contributed by atoms with Gasteiger partial charge in [0.05, 0.1) is 6.10 Å². The maximum absolute atomic E-state index is 14.2. The Morgan fingerprint density at radius 3 is 2.32 bits per heavy atom. The van der Waals surface area contributed by atoms with Crippen molar-refractivity contribution in [3.8, 4) is 0 Å². The molecular formula is C36H44O2. The maximum atomic E-state index is 14.2. The normalized spacial score (nSPS) is 41.8. The maximum Gasteiger partial charge on any atom is 0.166 e. The zero-order chi connectivity index (χ0) is 26.1. The summed E-state index contributed by atoms with van der Waals surface area (Å²) in [7, 11) is 0. The number of rotatable bonds is 5. The number of ketones is 1. The molecule has 0 amide bonds. The molecule has 38 heavy (non-hydrogen) atoms. The highest BCUT2D eigenvalue weighted by Gasteiger charge is 2.74. The predicted molar refractivity (Wildman–Crippen MR) is 153 cm³/mol. The lowest BCUT2D eigenvalue weighted by atomic mass is 9.41. The van der Waals surface area contributed by atoms with Crippen molar-refractivity contribution in [1.29, 1.82) is 0 Å². The number of benzene rings is 2. The van der Waals surface area contributed by atoms with Crippen molar-refractivity contribution in [2.75, 3.05) is 0 Å².